The van der Waals surface area contributed by atoms with Gasteiger partial charge in [-0.1, -0.05) is 12.1 Å². The highest BCUT2D eigenvalue weighted by Gasteiger charge is 2.18. The second-order valence-corrected chi connectivity index (χ2v) is 6.68. The van der Waals surface area contributed by atoms with Crippen LogP contribution in [0.15, 0.2) is 29.3 Å². The lowest BCUT2D eigenvalue weighted by atomic mass is 10.1. The van der Waals surface area contributed by atoms with Gasteiger partial charge in [0, 0.05) is 45.7 Å². The Balaban J connectivity index is 0.00000420. The van der Waals surface area contributed by atoms with Gasteiger partial charge in [0.1, 0.15) is 5.82 Å². The maximum atomic E-state index is 12.9. The highest BCUT2D eigenvalue weighted by molar-refractivity contribution is 14.0. The summed E-state index contributed by atoms with van der Waals surface area (Å²) in [4.78, 5) is 29.9. The van der Waals surface area contributed by atoms with Crippen molar-refractivity contribution >= 4 is 41.8 Å². The summed E-state index contributed by atoms with van der Waals surface area (Å²) in [7, 11) is 0. The normalized spacial score (nSPS) is 13.8. The van der Waals surface area contributed by atoms with Gasteiger partial charge in [0.25, 0.3) is 0 Å². The number of rotatable bonds is 10. The van der Waals surface area contributed by atoms with Crippen molar-refractivity contribution in [2.75, 3.05) is 39.3 Å². The van der Waals surface area contributed by atoms with Crippen LogP contribution < -0.4 is 16.0 Å². The molecule has 0 aromatic heterocycles. The van der Waals surface area contributed by atoms with Crippen molar-refractivity contribution in [1.82, 2.24) is 20.9 Å². The van der Waals surface area contributed by atoms with Crippen LogP contribution in [0.3, 0.4) is 0 Å². The Bertz CT molecular complexity index is 669. The standard InChI is InChI=1S/C20H30FN5O2.HI/c1-2-22-20(24-10-4-14-26-13-3-5-19(26)28)25-12-11-23-18(27)15-16-6-8-17(21)9-7-16;/h6-9H,2-5,10-15H2,1H3,(H,23,27)(H2,22,24,25);1H. The first kappa shape index (κ1) is 25.1. The fraction of sp³-hybridized carbons (Fsp3) is 0.550. The van der Waals surface area contributed by atoms with E-state index in [1.807, 2.05) is 11.8 Å². The minimum Gasteiger partial charge on any atom is -0.357 e. The zero-order valence-electron chi connectivity index (χ0n) is 16.9. The van der Waals surface area contributed by atoms with Gasteiger partial charge in [-0.2, -0.15) is 0 Å². The molecule has 1 aromatic carbocycles. The number of nitrogens with zero attached hydrogens (tertiary/aromatic N) is 2. The van der Waals surface area contributed by atoms with Gasteiger partial charge in [0.2, 0.25) is 11.8 Å². The minimum atomic E-state index is -0.310. The predicted octanol–water partition coefficient (Wildman–Crippen LogP) is 1.67. The molecule has 1 aliphatic heterocycles. The molecule has 162 valence electrons. The van der Waals surface area contributed by atoms with Crippen LogP contribution in [-0.4, -0.2) is 61.9 Å². The van der Waals surface area contributed by atoms with Crippen molar-refractivity contribution in [2.24, 2.45) is 4.99 Å². The third-order valence-corrected chi connectivity index (χ3v) is 4.39. The molecule has 0 unspecified atom stereocenters. The number of hydrogen-bond donors (Lipinski definition) is 3. The average molecular weight is 519 g/mol. The molecule has 0 radical (unpaired) electrons. The highest BCUT2D eigenvalue weighted by Crippen LogP contribution is 2.09. The molecule has 0 atom stereocenters. The third-order valence-electron chi connectivity index (χ3n) is 4.39. The summed E-state index contributed by atoms with van der Waals surface area (Å²) in [5.41, 5.74) is 0.776. The fourth-order valence-electron chi connectivity index (χ4n) is 2.97. The lowest BCUT2D eigenvalue weighted by Crippen LogP contribution is -2.41. The molecule has 1 heterocycles. The Morgan fingerprint density at radius 2 is 1.90 bits per heavy atom. The number of hydrogen-bond acceptors (Lipinski definition) is 3. The minimum absolute atomic E-state index is 0. The summed E-state index contributed by atoms with van der Waals surface area (Å²) in [5, 5.41) is 9.17. The Morgan fingerprint density at radius 3 is 2.55 bits per heavy atom. The summed E-state index contributed by atoms with van der Waals surface area (Å²) in [6, 6.07) is 5.92. The maximum absolute atomic E-state index is 12.9. The molecular weight excluding hydrogens is 488 g/mol. The molecule has 0 bridgehead atoms. The Kier molecular flexibility index (Phi) is 12.2. The first-order valence-electron chi connectivity index (χ1n) is 9.89. The van der Waals surface area contributed by atoms with Crippen LogP contribution in [0.5, 0.6) is 0 Å². The van der Waals surface area contributed by atoms with Gasteiger partial charge in [-0.05, 0) is 37.5 Å². The van der Waals surface area contributed by atoms with E-state index in [1.54, 1.807) is 12.1 Å². The quantitative estimate of drug-likeness (QED) is 0.190. The number of benzene rings is 1. The largest absolute Gasteiger partial charge is 0.357 e. The van der Waals surface area contributed by atoms with Gasteiger partial charge in [0.15, 0.2) is 5.96 Å². The molecule has 3 N–H and O–H groups in total. The number of carbonyl (C=O) groups excluding carboxylic acids is 2. The predicted molar refractivity (Wildman–Crippen MR) is 123 cm³/mol. The van der Waals surface area contributed by atoms with Gasteiger partial charge >= 0.3 is 0 Å². The number of carbonyl (C=O) groups is 2. The number of likely N-dealkylation sites (tertiary alicyclic amines) is 1. The van der Waals surface area contributed by atoms with E-state index < -0.39 is 0 Å². The van der Waals surface area contributed by atoms with Crippen molar-refractivity contribution in [3.8, 4) is 0 Å². The summed E-state index contributed by atoms with van der Waals surface area (Å²) in [6.07, 6.45) is 2.68. The zero-order chi connectivity index (χ0) is 20.2. The molecule has 2 rings (SSSR count). The third kappa shape index (κ3) is 9.91. The Labute approximate surface area is 188 Å². The Morgan fingerprint density at radius 1 is 1.17 bits per heavy atom. The van der Waals surface area contributed by atoms with Crippen molar-refractivity contribution in [3.63, 3.8) is 0 Å². The molecule has 7 nitrogen and oxygen atoms in total. The number of aliphatic imine (C=N–C) groups is 1. The van der Waals surface area contributed by atoms with Crippen LogP contribution in [0.25, 0.3) is 0 Å². The molecule has 0 saturated carbocycles. The second kappa shape index (κ2) is 14.1. The van der Waals surface area contributed by atoms with Crippen LogP contribution in [0.1, 0.15) is 31.7 Å². The van der Waals surface area contributed by atoms with Gasteiger partial charge in [-0.3, -0.25) is 14.6 Å². The molecule has 1 aromatic rings. The molecule has 9 heteroatoms. The molecule has 1 fully saturated rings. The molecular formula is C20H31FIN5O2. The molecule has 1 aliphatic rings. The van der Waals surface area contributed by atoms with E-state index in [9.17, 15) is 14.0 Å². The van der Waals surface area contributed by atoms with Gasteiger partial charge in [0.05, 0.1) is 6.42 Å². The highest BCUT2D eigenvalue weighted by atomic mass is 127. The van der Waals surface area contributed by atoms with E-state index in [2.05, 4.69) is 20.9 Å². The van der Waals surface area contributed by atoms with E-state index in [0.717, 1.165) is 38.0 Å². The van der Waals surface area contributed by atoms with E-state index in [1.165, 1.54) is 12.1 Å². The summed E-state index contributed by atoms with van der Waals surface area (Å²) in [6.45, 7) is 5.99. The zero-order valence-corrected chi connectivity index (χ0v) is 19.2. The van der Waals surface area contributed by atoms with E-state index in [0.29, 0.717) is 32.0 Å². The first-order valence-corrected chi connectivity index (χ1v) is 9.89. The summed E-state index contributed by atoms with van der Waals surface area (Å²) in [5.74, 6) is 0.523. The van der Waals surface area contributed by atoms with Crippen LogP contribution in [0, 0.1) is 5.82 Å². The fourth-order valence-corrected chi connectivity index (χ4v) is 2.97. The molecule has 0 spiro atoms. The average Bonchev–Trinajstić information content (AvgIpc) is 3.09. The van der Waals surface area contributed by atoms with E-state index in [-0.39, 0.29) is 48.0 Å². The SMILES string of the molecule is CCNC(=NCCCN1CCCC1=O)NCCNC(=O)Cc1ccc(F)cc1.I. The summed E-state index contributed by atoms with van der Waals surface area (Å²) < 4.78 is 12.9. The van der Waals surface area contributed by atoms with Gasteiger partial charge in [-0.15, -0.1) is 24.0 Å². The monoisotopic (exact) mass is 519 g/mol. The first-order chi connectivity index (χ1) is 13.6. The van der Waals surface area contributed by atoms with Crippen LogP contribution in [0.2, 0.25) is 0 Å². The lowest BCUT2D eigenvalue weighted by molar-refractivity contribution is -0.127. The van der Waals surface area contributed by atoms with Crippen molar-refractivity contribution in [3.05, 3.63) is 35.6 Å². The van der Waals surface area contributed by atoms with Crippen molar-refractivity contribution in [1.29, 1.82) is 0 Å². The van der Waals surface area contributed by atoms with Crippen LogP contribution >= 0.6 is 24.0 Å². The van der Waals surface area contributed by atoms with E-state index in [4.69, 9.17) is 0 Å². The lowest BCUT2D eigenvalue weighted by Gasteiger charge is -2.15. The van der Waals surface area contributed by atoms with Crippen LogP contribution in [-0.2, 0) is 16.0 Å². The maximum Gasteiger partial charge on any atom is 0.224 e. The molecule has 2 amide bonds. The Hall–Kier alpha value is -1.91. The molecule has 29 heavy (non-hydrogen) atoms. The molecule has 1 saturated heterocycles. The number of nitrogens with one attached hydrogen (secondary N) is 3. The van der Waals surface area contributed by atoms with Gasteiger partial charge in [-0.25, -0.2) is 4.39 Å². The molecule has 0 aliphatic carbocycles. The van der Waals surface area contributed by atoms with Crippen LogP contribution in [0.4, 0.5) is 4.39 Å². The number of guanidine groups is 1. The number of halogens is 2. The number of amides is 2. The van der Waals surface area contributed by atoms with Crippen molar-refractivity contribution < 1.29 is 14.0 Å². The second-order valence-electron chi connectivity index (χ2n) is 6.68. The smallest absolute Gasteiger partial charge is 0.224 e. The van der Waals surface area contributed by atoms with Gasteiger partial charge < -0.3 is 20.9 Å². The summed E-state index contributed by atoms with van der Waals surface area (Å²) >= 11 is 0. The topological polar surface area (TPSA) is 85.8 Å². The van der Waals surface area contributed by atoms with Crippen molar-refractivity contribution in [2.45, 2.75) is 32.6 Å². The van der Waals surface area contributed by atoms with E-state index >= 15 is 0 Å².